The van der Waals surface area contributed by atoms with Gasteiger partial charge in [0.25, 0.3) is 0 Å². The molecule has 0 unspecified atom stereocenters. The molecule has 3 aromatic rings. The van der Waals surface area contributed by atoms with E-state index in [4.69, 9.17) is 34.8 Å². The molecular formula is C18H12BiCl3. The second kappa shape index (κ2) is 7.32. The zero-order chi connectivity index (χ0) is 15.5. The minimum absolute atomic E-state index is 0.792. The van der Waals surface area contributed by atoms with Crippen LogP contribution in [0.2, 0.25) is 15.1 Å². The van der Waals surface area contributed by atoms with Crippen molar-refractivity contribution in [1.82, 2.24) is 0 Å². The summed E-state index contributed by atoms with van der Waals surface area (Å²) < 4.78 is 3.58. The van der Waals surface area contributed by atoms with Gasteiger partial charge in [0.05, 0.1) is 0 Å². The molecule has 0 bridgehead atoms. The van der Waals surface area contributed by atoms with Gasteiger partial charge < -0.3 is 0 Å². The summed E-state index contributed by atoms with van der Waals surface area (Å²) in [5.74, 6) is 0. The number of rotatable bonds is 3. The summed E-state index contributed by atoms with van der Waals surface area (Å²) in [4.78, 5) is 0. The Morgan fingerprint density at radius 3 is 1.00 bits per heavy atom. The normalized spacial score (nSPS) is 10.9. The van der Waals surface area contributed by atoms with Gasteiger partial charge in [0, 0.05) is 0 Å². The van der Waals surface area contributed by atoms with Crippen molar-refractivity contribution in [2.24, 2.45) is 0 Å². The fourth-order valence-electron chi connectivity index (χ4n) is 2.29. The molecule has 0 N–H and O–H groups in total. The molecule has 0 nitrogen and oxygen atoms in total. The fourth-order valence-corrected chi connectivity index (χ4v) is 14.1. The van der Waals surface area contributed by atoms with Gasteiger partial charge in [0.15, 0.2) is 0 Å². The van der Waals surface area contributed by atoms with Gasteiger partial charge in [0.2, 0.25) is 0 Å². The summed E-state index contributed by atoms with van der Waals surface area (Å²) >= 11 is 16.8. The number of halogens is 3. The molecule has 3 rings (SSSR count). The Balaban J connectivity index is 2.27. The molecule has 110 valence electrons. The molecule has 0 saturated carbocycles. The van der Waals surface area contributed by atoms with Gasteiger partial charge in [-0.15, -0.1) is 0 Å². The van der Waals surface area contributed by atoms with Crippen LogP contribution in [0.25, 0.3) is 0 Å². The average molecular weight is 544 g/mol. The first kappa shape index (κ1) is 16.3. The number of hydrogen-bond donors (Lipinski definition) is 0. The van der Waals surface area contributed by atoms with Crippen LogP contribution in [0.15, 0.2) is 72.8 Å². The van der Waals surface area contributed by atoms with Crippen molar-refractivity contribution in [2.75, 3.05) is 0 Å². The molecule has 0 saturated heterocycles. The molecule has 4 heteroatoms. The van der Waals surface area contributed by atoms with Crippen LogP contribution in [-0.2, 0) is 0 Å². The first-order chi connectivity index (χ1) is 10.7. The van der Waals surface area contributed by atoms with Crippen LogP contribution in [0.1, 0.15) is 0 Å². The van der Waals surface area contributed by atoms with Crippen LogP contribution in [0, 0.1) is 0 Å². The van der Waals surface area contributed by atoms with E-state index in [1.807, 2.05) is 54.6 Å². The monoisotopic (exact) mass is 542 g/mol. The van der Waals surface area contributed by atoms with E-state index >= 15 is 0 Å². The quantitative estimate of drug-likeness (QED) is 0.436. The topological polar surface area (TPSA) is 0 Å². The third-order valence-electron chi connectivity index (χ3n) is 3.28. The summed E-state index contributed by atoms with van der Waals surface area (Å²) in [6.07, 6.45) is 0. The molecule has 3 aromatic carbocycles. The first-order valence-electron chi connectivity index (χ1n) is 6.72. The Labute approximate surface area is 153 Å². The predicted octanol–water partition coefficient (Wildman–Crippen LogP) is 4.16. The van der Waals surface area contributed by atoms with Crippen LogP contribution < -0.4 is 9.81 Å². The van der Waals surface area contributed by atoms with Gasteiger partial charge in [-0.25, -0.2) is 0 Å². The number of hydrogen-bond acceptors (Lipinski definition) is 0. The third-order valence-corrected chi connectivity index (χ3v) is 16.1. The third kappa shape index (κ3) is 3.34. The molecule has 0 aromatic heterocycles. The van der Waals surface area contributed by atoms with Gasteiger partial charge in [-0.1, -0.05) is 0 Å². The Bertz CT molecular complexity index is 693. The average Bonchev–Trinajstić information content (AvgIpc) is 2.53. The van der Waals surface area contributed by atoms with Crippen molar-refractivity contribution in [3.05, 3.63) is 87.9 Å². The van der Waals surface area contributed by atoms with Crippen LogP contribution in [-0.4, -0.2) is 21.8 Å². The maximum atomic E-state index is 6.49. The van der Waals surface area contributed by atoms with E-state index in [0.29, 0.717) is 0 Å². The Morgan fingerprint density at radius 1 is 0.455 bits per heavy atom. The summed E-state index contributed by atoms with van der Waals surface area (Å²) in [6.45, 7) is 0. The van der Waals surface area contributed by atoms with E-state index in [-0.39, 0.29) is 0 Å². The Kier molecular flexibility index (Phi) is 5.42. The van der Waals surface area contributed by atoms with Crippen molar-refractivity contribution in [1.29, 1.82) is 0 Å². The first-order valence-corrected chi connectivity index (χ1v) is 13.1. The van der Waals surface area contributed by atoms with Crippen LogP contribution in [0.5, 0.6) is 0 Å². The Morgan fingerprint density at radius 2 is 0.727 bits per heavy atom. The van der Waals surface area contributed by atoms with Gasteiger partial charge in [-0.3, -0.25) is 0 Å². The molecule has 0 atom stereocenters. The zero-order valence-corrected chi connectivity index (χ0v) is 17.3. The summed E-state index contributed by atoms with van der Waals surface area (Å²) in [5.41, 5.74) is 0. The van der Waals surface area contributed by atoms with Crippen molar-refractivity contribution < 1.29 is 0 Å². The van der Waals surface area contributed by atoms with Crippen LogP contribution in [0.3, 0.4) is 0 Å². The summed E-state index contributed by atoms with van der Waals surface area (Å²) in [5, 5.41) is 2.38. The molecule has 0 heterocycles. The maximum absolute atomic E-state index is 6.49. The molecule has 22 heavy (non-hydrogen) atoms. The van der Waals surface area contributed by atoms with Crippen molar-refractivity contribution in [3.8, 4) is 0 Å². The van der Waals surface area contributed by atoms with Crippen LogP contribution in [0.4, 0.5) is 0 Å². The molecule has 0 aliphatic carbocycles. The summed E-state index contributed by atoms with van der Waals surface area (Å²) in [6, 6.07) is 24.1. The zero-order valence-electron chi connectivity index (χ0n) is 11.5. The fraction of sp³-hybridized carbons (Fsp3) is 0. The van der Waals surface area contributed by atoms with Crippen molar-refractivity contribution >= 4 is 66.4 Å². The van der Waals surface area contributed by atoms with E-state index in [1.54, 1.807) is 0 Å². The van der Waals surface area contributed by atoms with Gasteiger partial charge in [-0.2, -0.15) is 0 Å². The van der Waals surface area contributed by atoms with Crippen LogP contribution >= 0.6 is 34.8 Å². The van der Waals surface area contributed by atoms with E-state index in [2.05, 4.69) is 18.2 Å². The van der Waals surface area contributed by atoms with Gasteiger partial charge in [0.1, 0.15) is 0 Å². The Hall–Kier alpha value is -0.587. The molecule has 0 aliphatic rings. The van der Waals surface area contributed by atoms with Crippen molar-refractivity contribution in [2.45, 2.75) is 0 Å². The van der Waals surface area contributed by atoms with Gasteiger partial charge >= 0.3 is 154 Å². The van der Waals surface area contributed by atoms with E-state index in [1.165, 1.54) is 9.81 Å². The van der Waals surface area contributed by atoms with E-state index in [0.717, 1.165) is 15.1 Å². The number of benzene rings is 3. The molecule has 0 spiro atoms. The second-order valence-corrected chi connectivity index (χ2v) is 14.1. The van der Waals surface area contributed by atoms with E-state index in [9.17, 15) is 0 Å². The van der Waals surface area contributed by atoms with Gasteiger partial charge in [-0.05, 0) is 0 Å². The molecule has 0 radical (unpaired) electrons. The molecule has 0 aliphatic heterocycles. The second-order valence-electron chi connectivity index (χ2n) is 4.69. The predicted molar refractivity (Wildman–Crippen MR) is 99.0 cm³/mol. The molecule has 0 amide bonds. The summed E-state index contributed by atoms with van der Waals surface area (Å²) in [7, 11) is 0. The standard InChI is InChI=1S/3C6H4Cl.Bi/c3*7-6-4-2-1-3-5-6;/h3*1-4H;. The van der Waals surface area contributed by atoms with Crippen molar-refractivity contribution in [3.63, 3.8) is 0 Å². The minimum atomic E-state index is -2.63. The molecular weight excluding hydrogens is 532 g/mol. The molecule has 0 fully saturated rings. The van der Waals surface area contributed by atoms with E-state index < -0.39 is 21.8 Å². The SMILES string of the molecule is Clc1cccc[c]1[Bi]([c]1ccccc1Cl)[c]1ccccc1Cl.